The Kier molecular flexibility index (Phi) is 12.7. The standard InChI is InChI=1S/C26H52N6O10/c27-12-3-11(4-12)6-31-7-14-1-2-15(28)25(39-14)41-23-16(29)5-17(32-13(8-33)9-34)24(22(23)38)42-26-21(37)19(30)20(36)18(10-35)40-26/h11-26,31-38H,1-10,27-30H2/t11?,12?,14-,15+,16-,17+,18+,19-,20+,21+,22-,23?,24-,25+,26+/m0/s1. The van der Waals surface area contributed by atoms with Crippen molar-refractivity contribution in [1.82, 2.24) is 10.6 Å². The molecule has 1 unspecified atom stereocenters. The summed E-state index contributed by atoms with van der Waals surface area (Å²) < 4.78 is 24.0. The lowest BCUT2D eigenvalue weighted by Crippen LogP contribution is -2.69. The maximum absolute atomic E-state index is 11.5. The number of hydrogen-bond donors (Lipinski definition) is 12. The van der Waals surface area contributed by atoms with E-state index in [1.807, 2.05) is 0 Å². The number of aliphatic hydroxyl groups is 6. The van der Waals surface area contributed by atoms with E-state index in [2.05, 4.69) is 10.6 Å². The molecule has 42 heavy (non-hydrogen) atoms. The minimum Gasteiger partial charge on any atom is -0.395 e. The molecule has 2 saturated heterocycles. The Labute approximate surface area is 246 Å². The second kappa shape index (κ2) is 15.6. The Bertz CT molecular complexity index is 812. The second-order valence-corrected chi connectivity index (χ2v) is 12.3. The van der Waals surface area contributed by atoms with Crippen molar-refractivity contribution in [3.63, 3.8) is 0 Å². The third-order valence-electron chi connectivity index (χ3n) is 9.00. The summed E-state index contributed by atoms with van der Waals surface area (Å²) in [6.07, 6.45) is -6.31. The molecule has 0 aromatic heterocycles. The van der Waals surface area contributed by atoms with Crippen molar-refractivity contribution in [3.8, 4) is 0 Å². The average molecular weight is 609 g/mol. The van der Waals surface area contributed by atoms with Crippen LogP contribution in [0.4, 0.5) is 0 Å². The summed E-state index contributed by atoms with van der Waals surface area (Å²) in [5, 5.41) is 67.8. The van der Waals surface area contributed by atoms with Gasteiger partial charge in [-0.1, -0.05) is 0 Å². The van der Waals surface area contributed by atoms with Gasteiger partial charge in [0.05, 0.1) is 44.1 Å². The molecule has 2 saturated carbocycles. The van der Waals surface area contributed by atoms with Gasteiger partial charge < -0.3 is 83.2 Å². The highest BCUT2D eigenvalue weighted by molar-refractivity contribution is 5.02. The van der Waals surface area contributed by atoms with Crippen molar-refractivity contribution in [3.05, 3.63) is 0 Å². The van der Waals surface area contributed by atoms with E-state index in [0.29, 0.717) is 18.9 Å². The predicted molar refractivity (Wildman–Crippen MR) is 148 cm³/mol. The van der Waals surface area contributed by atoms with Gasteiger partial charge in [-0.2, -0.15) is 0 Å². The van der Waals surface area contributed by atoms with Crippen molar-refractivity contribution < 1.29 is 49.6 Å². The summed E-state index contributed by atoms with van der Waals surface area (Å²) in [6.45, 7) is 0.107. The summed E-state index contributed by atoms with van der Waals surface area (Å²) in [4.78, 5) is 0. The van der Waals surface area contributed by atoms with Gasteiger partial charge in [-0.25, -0.2) is 0 Å². The molecule has 4 fully saturated rings. The second-order valence-electron chi connectivity index (χ2n) is 12.3. The summed E-state index contributed by atoms with van der Waals surface area (Å²) in [5.41, 5.74) is 24.6. The summed E-state index contributed by atoms with van der Waals surface area (Å²) in [7, 11) is 0. The topological polar surface area (TPSA) is 286 Å². The third-order valence-corrected chi connectivity index (χ3v) is 9.00. The Morgan fingerprint density at radius 1 is 0.762 bits per heavy atom. The molecule has 2 aliphatic carbocycles. The molecule has 16 N–H and O–H groups in total. The highest BCUT2D eigenvalue weighted by atomic mass is 16.7. The highest BCUT2D eigenvalue weighted by Crippen LogP contribution is 2.32. The van der Waals surface area contributed by atoms with E-state index in [0.717, 1.165) is 25.8 Å². The minimum atomic E-state index is -1.49. The maximum Gasteiger partial charge on any atom is 0.186 e. The zero-order valence-corrected chi connectivity index (χ0v) is 23.9. The van der Waals surface area contributed by atoms with E-state index in [4.69, 9.17) is 41.9 Å². The Balaban J connectivity index is 1.43. The van der Waals surface area contributed by atoms with Gasteiger partial charge in [-0.05, 0) is 44.6 Å². The normalized spacial score (nSPS) is 46.5. The lowest BCUT2D eigenvalue weighted by molar-refractivity contribution is -0.314. The summed E-state index contributed by atoms with van der Waals surface area (Å²) in [6, 6.07) is -3.55. The van der Waals surface area contributed by atoms with Crippen LogP contribution < -0.4 is 33.6 Å². The molecule has 13 atom stereocenters. The number of nitrogens with two attached hydrogens (primary N) is 4. The first-order valence-corrected chi connectivity index (χ1v) is 15.0. The van der Waals surface area contributed by atoms with Crippen LogP contribution in [0.2, 0.25) is 0 Å². The molecular weight excluding hydrogens is 556 g/mol. The fourth-order valence-corrected chi connectivity index (χ4v) is 6.32. The quantitative estimate of drug-likeness (QED) is 0.0926. The van der Waals surface area contributed by atoms with Gasteiger partial charge in [0, 0.05) is 24.7 Å². The monoisotopic (exact) mass is 608 g/mol. The van der Waals surface area contributed by atoms with Crippen LogP contribution in [0.25, 0.3) is 0 Å². The van der Waals surface area contributed by atoms with Gasteiger partial charge >= 0.3 is 0 Å². The Hall–Kier alpha value is -0.640. The average Bonchev–Trinajstić information content (AvgIpc) is 2.96. The number of aliphatic hydroxyl groups excluding tert-OH is 6. The molecule has 4 rings (SSSR count). The van der Waals surface area contributed by atoms with Crippen molar-refractivity contribution in [2.45, 2.75) is 124 Å². The Morgan fingerprint density at radius 3 is 2.10 bits per heavy atom. The van der Waals surface area contributed by atoms with E-state index < -0.39 is 99.2 Å². The molecule has 0 spiro atoms. The number of ether oxygens (including phenoxy) is 4. The minimum absolute atomic E-state index is 0.147. The van der Waals surface area contributed by atoms with Gasteiger partial charge in [-0.15, -0.1) is 0 Å². The van der Waals surface area contributed by atoms with Crippen molar-refractivity contribution in [2.75, 3.05) is 32.9 Å². The van der Waals surface area contributed by atoms with E-state index in [1.54, 1.807) is 0 Å². The number of nitrogens with one attached hydrogen (secondary N) is 2. The molecule has 16 nitrogen and oxygen atoms in total. The fourth-order valence-electron chi connectivity index (χ4n) is 6.32. The molecule has 16 heteroatoms. The first-order chi connectivity index (χ1) is 20.1. The SMILES string of the molecule is NC1CC(CNC[C@@H]2CC[C@@H](N)[C@@H](OC3[C@@H](N)C[C@@H](NC(CO)CO)[C@H](O[C@H]4O[C@H](CO)[C@@H](O)[C@H](N)[C@H]4O)[C@H]3O)O2)C1. The molecule has 0 radical (unpaired) electrons. The van der Waals surface area contributed by atoms with Crippen LogP contribution in [0, 0.1) is 5.92 Å². The predicted octanol–water partition coefficient (Wildman–Crippen LogP) is -5.91. The molecule has 4 aliphatic rings. The van der Waals surface area contributed by atoms with Gasteiger partial charge in [0.2, 0.25) is 0 Å². The number of rotatable bonds is 13. The van der Waals surface area contributed by atoms with Crippen LogP contribution in [-0.2, 0) is 18.9 Å². The molecular formula is C26H52N6O10. The zero-order valence-electron chi connectivity index (χ0n) is 23.9. The van der Waals surface area contributed by atoms with Crippen LogP contribution in [-0.4, -0.2) is 155 Å². The van der Waals surface area contributed by atoms with E-state index in [-0.39, 0.29) is 18.6 Å². The van der Waals surface area contributed by atoms with Crippen molar-refractivity contribution >= 4 is 0 Å². The summed E-state index contributed by atoms with van der Waals surface area (Å²) >= 11 is 0. The highest BCUT2D eigenvalue weighted by Gasteiger charge is 2.51. The van der Waals surface area contributed by atoms with E-state index in [9.17, 15) is 30.6 Å². The summed E-state index contributed by atoms with van der Waals surface area (Å²) in [5.74, 6) is 0.570. The first-order valence-electron chi connectivity index (χ1n) is 15.0. The zero-order chi connectivity index (χ0) is 30.6. The van der Waals surface area contributed by atoms with Crippen LogP contribution in [0.5, 0.6) is 0 Å². The largest absolute Gasteiger partial charge is 0.395 e. The Morgan fingerprint density at radius 2 is 1.45 bits per heavy atom. The molecule has 0 amide bonds. The maximum atomic E-state index is 11.5. The number of hydrogen-bond acceptors (Lipinski definition) is 16. The van der Waals surface area contributed by atoms with Crippen molar-refractivity contribution in [2.24, 2.45) is 28.9 Å². The molecule has 0 aromatic rings. The van der Waals surface area contributed by atoms with E-state index >= 15 is 0 Å². The van der Waals surface area contributed by atoms with Crippen LogP contribution in [0.3, 0.4) is 0 Å². The van der Waals surface area contributed by atoms with Gasteiger partial charge in [0.15, 0.2) is 12.6 Å². The van der Waals surface area contributed by atoms with Crippen LogP contribution >= 0.6 is 0 Å². The van der Waals surface area contributed by atoms with Crippen LogP contribution in [0.15, 0.2) is 0 Å². The molecule has 0 aromatic carbocycles. The molecule has 246 valence electrons. The van der Waals surface area contributed by atoms with Gasteiger partial charge in [-0.3, -0.25) is 0 Å². The van der Waals surface area contributed by atoms with Crippen LogP contribution in [0.1, 0.15) is 32.1 Å². The molecule has 2 heterocycles. The van der Waals surface area contributed by atoms with Gasteiger partial charge in [0.1, 0.15) is 36.6 Å². The molecule has 0 bridgehead atoms. The lowest BCUT2D eigenvalue weighted by Gasteiger charge is -2.49. The molecule has 2 aliphatic heterocycles. The van der Waals surface area contributed by atoms with E-state index in [1.165, 1.54) is 0 Å². The lowest BCUT2D eigenvalue weighted by atomic mass is 9.81. The fraction of sp³-hybridized carbons (Fsp3) is 1.00. The van der Waals surface area contributed by atoms with Gasteiger partial charge in [0.25, 0.3) is 0 Å². The third kappa shape index (κ3) is 8.14. The smallest absolute Gasteiger partial charge is 0.186 e. The first kappa shape index (κ1) is 34.2. The van der Waals surface area contributed by atoms with Crippen molar-refractivity contribution in [1.29, 1.82) is 0 Å².